The van der Waals surface area contributed by atoms with Crippen molar-refractivity contribution >= 4 is 0 Å². The molecule has 3 heteroatoms. The first-order valence-corrected chi connectivity index (χ1v) is 13.4. The molecule has 0 amide bonds. The topological polar surface area (TPSA) is 27.7 Å². The van der Waals surface area contributed by atoms with Gasteiger partial charge in [-0.1, -0.05) is 94.5 Å². The Kier molecular flexibility index (Phi) is 11.7. The van der Waals surface area contributed by atoms with Crippen LogP contribution in [0.3, 0.4) is 0 Å². The largest absolute Gasteiger partial charge is 0.494 e. The minimum Gasteiger partial charge on any atom is -0.494 e. The van der Waals surface area contributed by atoms with Crippen molar-refractivity contribution in [3.8, 4) is 22.6 Å². The van der Waals surface area contributed by atoms with E-state index in [1.165, 1.54) is 48.8 Å². The van der Waals surface area contributed by atoms with Crippen molar-refractivity contribution in [2.75, 3.05) is 13.2 Å². The van der Waals surface area contributed by atoms with Gasteiger partial charge in [0, 0.05) is 6.61 Å². The Hall–Kier alpha value is -2.78. The molecule has 0 heterocycles. The summed E-state index contributed by atoms with van der Waals surface area (Å²) in [6, 6.07) is 25.2. The Balaban J connectivity index is 1.42. The highest BCUT2D eigenvalue weighted by Gasteiger charge is 2.06. The molecule has 0 N–H and O–H groups in total. The molecule has 0 radical (unpaired) electrons. The van der Waals surface area contributed by atoms with E-state index in [9.17, 15) is 0 Å². The fourth-order valence-corrected chi connectivity index (χ4v) is 4.00. The van der Waals surface area contributed by atoms with Crippen molar-refractivity contribution in [3.63, 3.8) is 0 Å². The molecule has 0 fully saturated rings. The Bertz CT molecular complexity index is 946. The molecule has 0 aliphatic carbocycles. The lowest BCUT2D eigenvalue weighted by Crippen LogP contribution is -2.01. The van der Waals surface area contributed by atoms with Gasteiger partial charge in [-0.2, -0.15) is 0 Å². The Labute approximate surface area is 212 Å². The van der Waals surface area contributed by atoms with Gasteiger partial charge >= 0.3 is 0 Å². The summed E-state index contributed by atoms with van der Waals surface area (Å²) >= 11 is 0. The number of hydrogen-bond acceptors (Lipinski definition) is 3. The second-order valence-electron chi connectivity index (χ2n) is 9.21. The minimum absolute atomic E-state index is 0.124. The molecule has 0 spiro atoms. The fourth-order valence-electron chi connectivity index (χ4n) is 4.00. The van der Waals surface area contributed by atoms with Crippen LogP contribution in [0.25, 0.3) is 11.1 Å². The third kappa shape index (κ3) is 9.41. The van der Waals surface area contributed by atoms with Crippen molar-refractivity contribution in [2.24, 2.45) is 0 Å². The van der Waals surface area contributed by atoms with Gasteiger partial charge in [0.15, 0.2) is 0 Å². The second-order valence-corrected chi connectivity index (χ2v) is 9.21. The maximum absolute atomic E-state index is 6.00. The van der Waals surface area contributed by atoms with E-state index in [-0.39, 0.29) is 6.10 Å². The first kappa shape index (κ1) is 26.8. The summed E-state index contributed by atoms with van der Waals surface area (Å²) in [6.07, 6.45) is 8.84. The number of benzene rings is 3. The summed E-state index contributed by atoms with van der Waals surface area (Å²) in [5.74, 6) is 1.82. The van der Waals surface area contributed by atoms with Gasteiger partial charge < -0.3 is 14.2 Å². The standard InChI is InChI=1S/C32H42O3/c1-4-6-7-8-9-10-24-34-31-19-15-29(16-20-31)30-17-21-32(22-18-30)35-25-27-11-13-28(14-12-27)26(3)33-23-5-2/h11-22,26H,4-10,23-25H2,1-3H3. The van der Waals surface area contributed by atoms with Gasteiger partial charge in [0.2, 0.25) is 0 Å². The molecular weight excluding hydrogens is 432 g/mol. The molecule has 3 rings (SSSR count). The summed E-state index contributed by atoms with van der Waals surface area (Å²) < 4.78 is 17.7. The highest BCUT2D eigenvalue weighted by atomic mass is 16.5. The van der Waals surface area contributed by atoms with Crippen LogP contribution in [0.15, 0.2) is 72.8 Å². The van der Waals surface area contributed by atoms with Crippen molar-refractivity contribution in [1.82, 2.24) is 0 Å². The van der Waals surface area contributed by atoms with Crippen LogP contribution in [0.5, 0.6) is 11.5 Å². The lowest BCUT2D eigenvalue weighted by atomic mass is 10.1. The van der Waals surface area contributed by atoms with Crippen molar-refractivity contribution in [1.29, 1.82) is 0 Å². The van der Waals surface area contributed by atoms with Gasteiger partial charge in [0.1, 0.15) is 18.1 Å². The second kappa shape index (κ2) is 15.3. The number of unbranched alkanes of at least 4 members (excludes halogenated alkanes) is 5. The average molecular weight is 475 g/mol. The normalized spacial score (nSPS) is 11.9. The molecule has 0 aliphatic heterocycles. The van der Waals surface area contributed by atoms with Crippen molar-refractivity contribution < 1.29 is 14.2 Å². The van der Waals surface area contributed by atoms with E-state index in [4.69, 9.17) is 14.2 Å². The van der Waals surface area contributed by atoms with Crippen LogP contribution in [0.4, 0.5) is 0 Å². The van der Waals surface area contributed by atoms with E-state index in [1.54, 1.807) is 0 Å². The van der Waals surface area contributed by atoms with E-state index in [0.29, 0.717) is 6.61 Å². The van der Waals surface area contributed by atoms with Crippen molar-refractivity contribution in [2.45, 2.75) is 78.4 Å². The predicted molar refractivity (Wildman–Crippen MR) is 146 cm³/mol. The highest BCUT2D eigenvalue weighted by molar-refractivity contribution is 5.64. The minimum atomic E-state index is 0.124. The lowest BCUT2D eigenvalue weighted by Gasteiger charge is -2.13. The van der Waals surface area contributed by atoms with E-state index in [1.807, 2.05) is 12.1 Å². The van der Waals surface area contributed by atoms with Crippen molar-refractivity contribution in [3.05, 3.63) is 83.9 Å². The van der Waals surface area contributed by atoms with Gasteiger partial charge in [-0.15, -0.1) is 0 Å². The molecule has 1 atom stereocenters. The Morgan fingerprint density at radius 2 is 1.14 bits per heavy atom. The highest BCUT2D eigenvalue weighted by Crippen LogP contribution is 2.25. The van der Waals surface area contributed by atoms with Crippen LogP contribution in [0, 0.1) is 0 Å². The smallest absolute Gasteiger partial charge is 0.119 e. The molecule has 0 bridgehead atoms. The van der Waals surface area contributed by atoms with Gasteiger partial charge in [-0.05, 0) is 66.3 Å². The van der Waals surface area contributed by atoms with Crippen LogP contribution < -0.4 is 9.47 Å². The molecule has 0 saturated heterocycles. The molecule has 35 heavy (non-hydrogen) atoms. The maximum atomic E-state index is 6.00. The number of rotatable bonds is 16. The van der Waals surface area contributed by atoms with Crippen LogP contribution in [0.1, 0.15) is 82.9 Å². The summed E-state index contributed by atoms with van der Waals surface area (Å²) in [5, 5.41) is 0. The Morgan fingerprint density at radius 3 is 1.74 bits per heavy atom. The molecule has 1 unspecified atom stereocenters. The lowest BCUT2D eigenvalue weighted by molar-refractivity contribution is 0.0662. The summed E-state index contributed by atoms with van der Waals surface area (Å²) in [5.41, 5.74) is 4.70. The summed E-state index contributed by atoms with van der Waals surface area (Å²) in [6.45, 7) is 8.62. The van der Waals surface area contributed by atoms with Crippen LogP contribution >= 0.6 is 0 Å². The predicted octanol–water partition coefficient (Wildman–Crippen LogP) is 9.16. The molecule has 3 aromatic rings. The third-order valence-corrected chi connectivity index (χ3v) is 6.24. The van der Waals surface area contributed by atoms with Gasteiger partial charge in [0.25, 0.3) is 0 Å². The SMILES string of the molecule is CCCCCCCCOc1ccc(-c2ccc(OCc3ccc(C(C)OCCC)cc3)cc2)cc1. The molecule has 0 aromatic heterocycles. The van der Waals surface area contributed by atoms with Crippen LogP contribution in [-0.2, 0) is 11.3 Å². The van der Waals surface area contributed by atoms with E-state index in [2.05, 4.69) is 81.4 Å². The number of ether oxygens (including phenoxy) is 3. The summed E-state index contributed by atoms with van der Waals surface area (Å²) in [7, 11) is 0. The molecular formula is C32H42O3. The van der Waals surface area contributed by atoms with Gasteiger partial charge in [-0.25, -0.2) is 0 Å². The maximum Gasteiger partial charge on any atom is 0.119 e. The Morgan fingerprint density at radius 1 is 0.571 bits per heavy atom. The molecule has 0 saturated carbocycles. The zero-order valence-electron chi connectivity index (χ0n) is 21.8. The quantitative estimate of drug-likeness (QED) is 0.194. The first-order chi connectivity index (χ1) is 17.2. The zero-order valence-corrected chi connectivity index (χ0v) is 21.8. The van der Waals surface area contributed by atoms with Gasteiger partial charge in [-0.3, -0.25) is 0 Å². The van der Waals surface area contributed by atoms with Crippen LogP contribution in [0.2, 0.25) is 0 Å². The average Bonchev–Trinajstić information content (AvgIpc) is 2.91. The fraction of sp³-hybridized carbons (Fsp3) is 0.438. The zero-order chi connectivity index (χ0) is 24.7. The molecule has 3 aromatic carbocycles. The molecule has 188 valence electrons. The van der Waals surface area contributed by atoms with E-state index >= 15 is 0 Å². The first-order valence-electron chi connectivity index (χ1n) is 13.4. The van der Waals surface area contributed by atoms with Crippen LogP contribution in [-0.4, -0.2) is 13.2 Å². The summed E-state index contributed by atoms with van der Waals surface area (Å²) in [4.78, 5) is 0. The van der Waals surface area contributed by atoms with Gasteiger partial charge in [0.05, 0.1) is 12.7 Å². The van der Waals surface area contributed by atoms with E-state index < -0.39 is 0 Å². The number of hydrogen-bond donors (Lipinski definition) is 0. The molecule has 3 nitrogen and oxygen atoms in total. The molecule has 0 aliphatic rings. The monoisotopic (exact) mass is 474 g/mol. The van der Waals surface area contributed by atoms with E-state index in [0.717, 1.165) is 43.1 Å². The third-order valence-electron chi connectivity index (χ3n) is 6.24.